The molecule has 1 N–H and O–H groups in total. The zero-order valence-corrected chi connectivity index (χ0v) is 21.5. The Morgan fingerprint density at radius 3 is 2.50 bits per heavy atom. The highest BCUT2D eigenvalue weighted by atomic mass is 35.5. The molecule has 2 aliphatic heterocycles. The van der Waals surface area contributed by atoms with Gasteiger partial charge in [-0.05, 0) is 61.3 Å². The number of amides is 2. The van der Waals surface area contributed by atoms with Crippen molar-refractivity contribution < 1.29 is 18.0 Å². The van der Waals surface area contributed by atoms with Gasteiger partial charge in [-0.15, -0.1) is 0 Å². The predicted octanol–water partition coefficient (Wildman–Crippen LogP) is 5.97. The second-order valence-corrected chi connectivity index (χ2v) is 10.0. The maximum atomic E-state index is 13.2. The number of likely N-dealkylation sites (tertiary alicyclic amines) is 1. The van der Waals surface area contributed by atoms with Crippen molar-refractivity contribution in [1.82, 2.24) is 20.0 Å². The number of rotatable bonds is 9. The van der Waals surface area contributed by atoms with Gasteiger partial charge in [-0.3, -0.25) is 9.80 Å². The number of carbonyl (C=O) groups is 1. The maximum Gasteiger partial charge on any atom is 0.416 e. The van der Waals surface area contributed by atoms with Gasteiger partial charge < -0.3 is 10.2 Å². The number of halogens is 4. The van der Waals surface area contributed by atoms with Gasteiger partial charge in [-0.1, -0.05) is 49.7 Å². The molecular weight excluding hydrogens is 489 g/mol. The highest BCUT2D eigenvalue weighted by molar-refractivity contribution is 6.30. The Bertz CT molecular complexity index is 1030. The average Bonchev–Trinajstić information content (AvgIpc) is 3.48. The number of hydrogen-bond donors (Lipinski definition) is 1. The molecule has 2 fully saturated rings. The average molecular weight is 523 g/mol. The molecule has 4 rings (SSSR count). The van der Waals surface area contributed by atoms with E-state index in [1.807, 2.05) is 24.3 Å². The molecule has 2 aromatic carbocycles. The Hall–Kier alpha value is -2.29. The molecule has 2 unspecified atom stereocenters. The summed E-state index contributed by atoms with van der Waals surface area (Å²) in [6.07, 6.45) is -2.58. The van der Waals surface area contributed by atoms with Crippen LogP contribution in [0.5, 0.6) is 0 Å². The summed E-state index contributed by atoms with van der Waals surface area (Å²) in [5.41, 5.74) is 0.928. The van der Waals surface area contributed by atoms with E-state index in [0.29, 0.717) is 29.7 Å². The zero-order valence-electron chi connectivity index (χ0n) is 20.8. The quantitative estimate of drug-likeness (QED) is 0.441. The smallest absolute Gasteiger partial charge is 0.329 e. The molecule has 5 nitrogen and oxygen atoms in total. The third kappa shape index (κ3) is 6.15. The van der Waals surface area contributed by atoms with Gasteiger partial charge in [0.15, 0.2) is 0 Å². The fraction of sp³-hybridized carbons (Fsp3) is 0.519. The van der Waals surface area contributed by atoms with Crippen LogP contribution in [0.3, 0.4) is 0 Å². The van der Waals surface area contributed by atoms with Gasteiger partial charge in [-0.2, -0.15) is 13.2 Å². The highest BCUT2D eigenvalue weighted by Crippen LogP contribution is 2.33. The van der Waals surface area contributed by atoms with E-state index >= 15 is 0 Å². The molecule has 2 aromatic rings. The number of urea groups is 1. The second kappa shape index (κ2) is 11.4. The fourth-order valence-corrected chi connectivity index (χ4v) is 5.64. The lowest BCUT2D eigenvalue weighted by Gasteiger charge is -2.31. The van der Waals surface area contributed by atoms with Crippen molar-refractivity contribution in [3.8, 4) is 0 Å². The lowest BCUT2D eigenvalue weighted by Crippen LogP contribution is -2.38. The van der Waals surface area contributed by atoms with Gasteiger partial charge in [0.25, 0.3) is 0 Å². The SMILES string of the molecule is CCN(CC)C1CCN([C@@H](CCN2CC(c3cccc(C(F)(F)F)c3)NC2=O)c2ccc(Cl)cc2)C1. The molecular formula is C27H34ClF3N4O. The van der Waals surface area contributed by atoms with Crippen molar-refractivity contribution in [2.75, 3.05) is 39.3 Å². The summed E-state index contributed by atoms with van der Waals surface area (Å²) in [4.78, 5) is 19.4. The van der Waals surface area contributed by atoms with Crippen molar-refractivity contribution in [2.24, 2.45) is 0 Å². The van der Waals surface area contributed by atoms with Crippen LogP contribution < -0.4 is 5.32 Å². The van der Waals surface area contributed by atoms with E-state index < -0.39 is 17.8 Å². The van der Waals surface area contributed by atoms with Crippen molar-refractivity contribution in [3.63, 3.8) is 0 Å². The van der Waals surface area contributed by atoms with Crippen molar-refractivity contribution in [3.05, 3.63) is 70.2 Å². The molecule has 9 heteroatoms. The largest absolute Gasteiger partial charge is 0.416 e. The monoisotopic (exact) mass is 522 g/mol. The highest BCUT2D eigenvalue weighted by Gasteiger charge is 2.35. The lowest BCUT2D eigenvalue weighted by atomic mass is 10.0. The third-order valence-electron chi connectivity index (χ3n) is 7.50. The standard InChI is InChI=1S/C27H34ClF3N4O/c1-3-33(4-2)23-12-14-34(17-23)25(19-8-10-22(28)11-9-19)13-15-35-18-24(32-26(35)36)20-6-5-7-21(16-20)27(29,30)31/h5-11,16,23-25H,3-4,12-15,17-18H2,1-2H3,(H,32,36)/t23?,24?,25-/m0/s1. The Morgan fingerprint density at radius 2 is 1.83 bits per heavy atom. The molecule has 0 bridgehead atoms. The van der Waals surface area contributed by atoms with Crippen LogP contribution in [0.2, 0.25) is 5.02 Å². The van der Waals surface area contributed by atoms with Gasteiger partial charge >= 0.3 is 12.2 Å². The number of likely N-dealkylation sites (N-methyl/N-ethyl adjacent to an activating group) is 1. The van der Waals surface area contributed by atoms with E-state index in [4.69, 9.17) is 11.6 Å². The number of alkyl halides is 3. The Labute approximate surface area is 216 Å². The maximum absolute atomic E-state index is 13.2. The first-order valence-corrected chi connectivity index (χ1v) is 13.0. The van der Waals surface area contributed by atoms with Gasteiger partial charge in [0, 0.05) is 43.3 Å². The first-order valence-electron chi connectivity index (χ1n) is 12.7. The molecule has 0 spiro atoms. The molecule has 0 saturated carbocycles. The minimum atomic E-state index is -4.41. The molecule has 2 saturated heterocycles. The number of nitrogens with one attached hydrogen (secondary N) is 1. The van der Waals surface area contributed by atoms with Crippen LogP contribution in [0.4, 0.5) is 18.0 Å². The predicted molar refractivity (Wildman–Crippen MR) is 136 cm³/mol. The second-order valence-electron chi connectivity index (χ2n) is 9.59. The molecule has 196 valence electrons. The Morgan fingerprint density at radius 1 is 1.11 bits per heavy atom. The van der Waals surface area contributed by atoms with Gasteiger partial charge in [-0.25, -0.2) is 4.79 Å². The van der Waals surface area contributed by atoms with E-state index in [9.17, 15) is 18.0 Å². The number of nitrogens with zero attached hydrogens (tertiary/aromatic N) is 3. The Kier molecular flexibility index (Phi) is 8.48. The number of benzene rings is 2. The molecule has 36 heavy (non-hydrogen) atoms. The van der Waals surface area contributed by atoms with Gasteiger partial charge in [0.1, 0.15) is 0 Å². The van der Waals surface area contributed by atoms with Crippen LogP contribution in [0.15, 0.2) is 48.5 Å². The minimum Gasteiger partial charge on any atom is -0.329 e. The first-order chi connectivity index (χ1) is 17.2. The number of carbonyl (C=O) groups excluding carboxylic acids is 1. The summed E-state index contributed by atoms with van der Waals surface area (Å²) >= 11 is 6.14. The van der Waals surface area contributed by atoms with Crippen LogP contribution in [0.25, 0.3) is 0 Å². The molecule has 2 amide bonds. The minimum absolute atomic E-state index is 0.128. The summed E-state index contributed by atoms with van der Waals surface area (Å²) in [5.74, 6) is 0. The normalized spacial score (nSPS) is 21.9. The van der Waals surface area contributed by atoms with Crippen LogP contribution in [-0.4, -0.2) is 66.0 Å². The zero-order chi connectivity index (χ0) is 25.9. The molecule has 0 aromatic heterocycles. The van der Waals surface area contributed by atoms with E-state index in [-0.39, 0.29) is 12.1 Å². The summed E-state index contributed by atoms with van der Waals surface area (Å²) in [6.45, 7) is 9.22. The molecule has 3 atom stereocenters. The molecule has 0 radical (unpaired) electrons. The van der Waals surface area contributed by atoms with Crippen LogP contribution in [-0.2, 0) is 6.18 Å². The van der Waals surface area contributed by atoms with Crippen LogP contribution in [0.1, 0.15) is 55.5 Å². The Balaban J connectivity index is 1.45. The van der Waals surface area contributed by atoms with Crippen molar-refractivity contribution in [2.45, 2.75) is 51.0 Å². The number of hydrogen-bond acceptors (Lipinski definition) is 3. The van der Waals surface area contributed by atoms with Crippen LogP contribution >= 0.6 is 11.6 Å². The lowest BCUT2D eigenvalue weighted by molar-refractivity contribution is -0.137. The van der Waals surface area contributed by atoms with E-state index in [1.54, 1.807) is 11.0 Å². The topological polar surface area (TPSA) is 38.8 Å². The van der Waals surface area contributed by atoms with Gasteiger partial charge in [0.2, 0.25) is 0 Å². The van der Waals surface area contributed by atoms with Crippen molar-refractivity contribution in [1.29, 1.82) is 0 Å². The molecule has 2 aliphatic rings. The summed E-state index contributed by atoms with van der Waals surface area (Å²) in [5, 5.41) is 3.54. The van der Waals surface area contributed by atoms with E-state index in [1.165, 1.54) is 6.07 Å². The molecule has 2 heterocycles. The third-order valence-corrected chi connectivity index (χ3v) is 7.75. The van der Waals surface area contributed by atoms with Crippen molar-refractivity contribution >= 4 is 17.6 Å². The molecule has 0 aliphatic carbocycles. The first kappa shape index (κ1) is 26.8. The van der Waals surface area contributed by atoms with E-state index in [2.05, 4.69) is 29.0 Å². The van der Waals surface area contributed by atoms with Gasteiger partial charge in [0.05, 0.1) is 11.6 Å². The summed E-state index contributed by atoms with van der Waals surface area (Å²) in [7, 11) is 0. The summed E-state index contributed by atoms with van der Waals surface area (Å²) in [6, 6.07) is 13.0. The fourth-order valence-electron chi connectivity index (χ4n) is 5.51. The van der Waals surface area contributed by atoms with E-state index in [0.717, 1.165) is 56.7 Å². The van der Waals surface area contributed by atoms with Crippen LogP contribution in [0, 0.1) is 0 Å². The summed E-state index contributed by atoms with van der Waals surface area (Å²) < 4.78 is 39.5.